The Kier molecular flexibility index (Phi) is 3.65. The number of aromatic nitrogens is 1. The Hall–Kier alpha value is -4.04. The second kappa shape index (κ2) is 6.50. The average Bonchev–Trinajstić information content (AvgIpc) is 3.11. The summed E-state index contributed by atoms with van der Waals surface area (Å²) in [7, 11) is 0. The number of phenolic OH excluding ortho intramolecular Hbond substituents is 1. The van der Waals surface area contributed by atoms with E-state index in [2.05, 4.69) is 77.4 Å². The first kappa shape index (κ1) is 16.9. The van der Waals surface area contributed by atoms with Gasteiger partial charge >= 0.3 is 0 Å². The van der Waals surface area contributed by atoms with Crippen LogP contribution in [0.4, 0.5) is 0 Å². The van der Waals surface area contributed by atoms with Crippen LogP contribution in [0.3, 0.4) is 0 Å². The number of fused-ring (bicyclic) bond motifs is 4. The molecule has 2 heteroatoms. The Morgan fingerprint density at radius 3 is 1.97 bits per heavy atom. The molecule has 0 saturated carbocycles. The van der Waals surface area contributed by atoms with Crippen LogP contribution in [0.15, 0.2) is 109 Å². The minimum Gasteiger partial charge on any atom is -0.508 e. The first-order chi connectivity index (χ1) is 14.8. The predicted molar refractivity (Wildman–Crippen MR) is 125 cm³/mol. The molecule has 0 spiro atoms. The maximum Gasteiger partial charge on any atom is 0.117 e. The van der Waals surface area contributed by atoms with E-state index >= 15 is 0 Å². The summed E-state index contributed by atoms with van der Waals surface area (Å²) >= 11 is 0. The Morgan fingerprint density at radius 1 is 0.500 bits per heavy atom. The molecule has 1 N–H and O–H groups in total. The van der Waals surface area contributed by atoms with E-state index in [4.69, 9.17) is 0 Å². The van der Waals surface area contributed by atoms with Crippen molar-refractivity contribution in [1.82, 2.24) is 4.57 Å². The molecular weight excluding hydrogens is 366 g/mol. The molecule has 0 aliphatic heterocycles. The van der Waals surface area contributed by atoms with Gasteiger partial charge in [-0.05, 0) is 58.3 Å². The summed E-state index contributed by atoms with van der Waals surface area (Å²) in [5, 5.41) is 14.9. The molecule has 6 rings (SSSR count). The maximum atomic E-state index is 10.1. The van der Waals surface area contributed by atoms with Crippen LogP contribution in [0.5, 0.6) is 5.75 Å². The average molecular weight is 385 g/mol. The summed E-state index contributed by atoms with van der Waals surface area (Å²) in [5.74, 6) is 0.275. The minimum absolute atomic E-state index is 0.275. The Labute approximate surface area is 174 Å². The monoisotopic (exact) mass is 385 g/mol. The van der Waals surface area contributed by atoms with Crippen molar-refractivity contribution in [1.29, 1.82) is 0 Å². The van der Waals surface area contributed by atoms with Gasteiger partial charge in [-0.3, -0.25) is 0 Å². The molecule has 1 heterocycles. The van der Waals surface area contributed by atoms with Crippen LogP contribution in [-0.2, 0) is 0 Å². The molecule has 2 nitrogen and oxygen atoms in total. The molecule has 0 aliphatic rings. The molecule has 0 unspecified atom stereocenters. The predicted octanol–water partition coefficient (Wildman–Crippen LogP) is 7.31. The quantitative estimate of drug-likeness (QED) is 0.332. The standard InChI is InChI=1S/C28H19NO/c30-24-13-15-26-25-14-12-22(21-11-10-19-6-4-5-7-20(19)16-21)17-27(25)29(28(26)18-24)23-8-2-1-3-9-23/h1-18,30H. The Morgan fingerprint density at radius 2 is 1.13 bits per heavy atom. The molecule has 0 fully saturated rings. The van der Waals surface area contributed by atoms with Crippen molar-refractivity contribution in [3.05, 3.63) is 109 Å². The zero-order valence-electron chi connectivity index (χ0n) is 16.3. The van der Waals surface area contributed by atoms with E-state index in [0.29, 0.717) is 0 Å². The van der Waals surface area contributed by atoms with Crippen molar-refractivity contribution in [3.63, 3.8) is 0 Å². The van der Waals surface area contributed by atoms with Gasteiger partial charge in [-0.15, -0.1) is 0 Å². The Bertz CT molecular complexity index is 1540. The molecule has 5 aromatic carbocycles. The SMILES string of the molecule is Oc1ccc2c3ccc(-c4ccc5ccccc5c4)cc3n(-c3ccccc3)c2c1. The number of benzene rings is 5. The van der Waals surface area contributed by atoms with Crippen molar-refractivity contribution < 1.29 is 5.11 Å². The largest absolute Gasteiger partial charge is 0.508 e. The topological polar surface area (TPSA) is 25.2 Å². The number of nitrogens with zero attached hydrogens (tertiary/aromatic N) is 1. The molecule has 30 heavy (non-hydrogen) atoms. The van der Waals surface area contributed by atoms with E-state index in [1.165, 1.54) is 27.3 Å². The van der Waals surface area contributed by atoms with Gasteiger partial charge in [0.1, 0.15) is 5.75 Å². The fourth-order valence-electron chi connectivity index (χ4n) is 4.41. The second-order valence-corrected chi connectivity index (χ2v) is 7.67. The smallest absolute Gasteiger partial charge is 0.117 e. The van der Waals surface area contributed by atoms with E-state index in [1.807, 2.05) is 30.3 Å². The van der Waals surface area contributed by atoms with Crippen LogP contribution in [0, 0.1) is 0 Å². The van der Waals surface area contributed by atoms with Crippen LogP contribution in [0.2, 0.25) is 0 Å². The minimum atomic E-state index is 0.275. The molecule has 1 aromatic heterocycles. The third-order valence-corrected chi connectivity index (χ3v) is 5.85. The van der Waals surface area contributed by atoms with E-state index < -0.39 is 0 Å². The van der Waals surface area contributed by atoms with E-state index in [1.54, 1.807) is 6.07 Å². The molecule has 0 bridgehead atoms. The zero-order valence-corrected chi connectivity index (χ0v) is 16.3. The van der Waals surface area contributed by atoms with Gasteiger partial charge in [0.25, 0.3) is 0 Å². The van der Waals surface area contributed by atoms with Crippen molar-refractivity contribution in [2.24, 2.45) is 0 Å². The summed E-state index contributed by atoms with van der Waals surface area (Å²) in [6.45, 7) is 0. The molecule has 0 saturated heterocycles. The Balaban J connectivity index is 1.66. The molecule has 0 aliphatic carbocycles. The molecular formula is C28H19NO. The van der Waals surface area contributed by atoms with E-state index in [9.17, 15) is 5.11 Å². The van der Waals surface area contributed by atoms with Gasteiger partial charge in [-0.1, -0.05) is 66.7 Å². The summed E-state index contributed by atoms with van der Waals surface area (Å²) in [6.07, 6.45) is 0. The van der Waals surface area contributed by atoms with Crippen LogP contribution in [0.1, 0.15) is 0 Å². The summed E-state index contributed by atoms with van der Waals surface area (Å²) in [6, 6.07) is 37.6. The number of para-hydroxylation sites is 1. The molecule has 0 amide bonds. The first-order valence-corrected chi connectivity index (χ1v) is 10.1. The highest BCUT2D eigenvalue weighted by molar-refractivity contribution is 6.10. The lowest BCUT2D eigenvalue weighted by atomic mass is 10.00. The van der Waals surface area contributed by atoms with Crippen LogP contribution >= 0.6 is 0 Å². The number of rotatable bonds is 2. The summed E-state index contributed by atoms with van der Waals surface area (Å²) < 4.78 is 2.23. The van der Waals surface area contributed by atoms with Crippen LogP contribution in [-0.4, -0.2) is 9.67 Å². The highest BCUT2D eigenvalue weighted by Crippen LogP contribution is 2.36. The molecule has 142 valence electrons. The second-order valence-electron chi connectivity index (χ2n) is 7.67. The van der Waals surface area contributed by atoms with Gasteiger partial charge in [0.05, 0.1) is 11.0 Å². The van der Waals surface area contributed by atoms with Gasteiger partial charge in [0.2, 0.25) is 0 Å². The van der Waals surface area contributed by atoms with Crippen LogP contribution < -0.4 is 0 Å². The van der Waals surface area contributed by atoms with Gasteiger partial charge in [-0.2, -0.15) is 0 Å². The molecule has 0 radical (unpaired) electrons. The zero-order chi connectivity index (χ0) is 20.1. The van der Waals surface area contributed by atoms with E-state index in [-0.39, 0.29) is 5.75 Å². The molecule has 6 aromatic rings. The van der Waals surface area contributed by atoms with Crippen molar-refractivity contribution in [2.45, 2.75) is 0 Å². The summed E-state index contributed by atoms with van der Waals surface area (Å²) in [5.41, 5.74) is 5.60. The fraction of sp³-hybridized carbons (Fsp3) is 0. The number of hydrogen-bond donors (Lipinski definition) is 1. The highest BCUT2D eigenvalue weighted by atomic mass is 16.3. The van der Waals surface area contributed by atoms with Gasteiger partial charge in [0.15, 0.2) is 0 Å². The van der Waals surface area contributed by atoms with Gasteiger partial charge in [0, 0.05) is 22.5 Å². The fourth-order valence-corrected chi connectivity index (χ4v) is 4.41. The maximum absolute atomic E-state index is 10.1. The van der Waals surface area contributed by atoms with Gasteiger partial charge < -0.3 is 9.67 Å². The van der Waals surface area contributed by atoms with Crippen molar-refractivity contribution >= 4 is 32.6 Å². The number of phenols is 1. The third kappa shape index (κ3) is 2.58. The number of hydrogen-bond acceptors (Lipinski definition) is 1. The first-order valence-electron chi connectivity index (χ1n) is 10.1. The lowest BCUT2D eigenvalue weighted by molar-refractivity contribution is 0.476. The van der Waals surface area contributed by atoms with E-state index in [0.717, 1.165) is 22.1 Å². The van der Waals surface area contributed by atoms with Crippen LogP contribution in [0.25, 0.3) is 49.4 Å². The van der Waals surface area contributed by atoms with Crippen molar-refractivity contribution in [3.8, 4) is 22.6 Å². The highest BCUT2D eigenvalue weighted by Gasteiger charge is 2.14. The lowest BCUT2D eigenvalue weighted by Gasteiger charge is -2.09. The summed E-state index contributed by atoms with van der Waals surface area (Å²) in [4.78, 5) is 0. The lowest BCUT2D eigenvalue weighted by Crippen LogP contribution is -1.93. The number of aromatic hydroxyl groups is 1. The molecule has 0 atom stereocenters. The van der Waals surface area contributed by atoms with Crippen molar-refractivity contribution in [2.75, 3.05) is 0 Å². The normalized spacial score (nSPS) is 11.5. The third-order valence-electron chi connectivity index (χ3n) is 5.85. The van der Waals surface area contributed by atoms with Gasteiger partial charge in [-0.25, -0.2) is 0 Å².